The van der Waals surface area contributed by atoms with Crippen LogP contribution in [0.4, 0.5) is 0 Å². The minimum absolute atomic E-state index is 0.0443. The molecule has 2 fully saturated rings. The zero-order valence-corrected chi connectivity index (χ0v) is 15.7. The van der Waals surface area contributed by atoms with Crippen LogP contribution in [0.5, 0.6) is 0 Å². The molecule has 0 radical (unpaired) electrons. The maximum atomic E-state index is 12.6. The summed E-state index contributed by atoms with van der Waals surface area (Å²) in [5.41, 5.74) is 5.36. The number of hydrogen-bond donors (Lipinski definition) is 2. The van der Waals surface area contributed by atoms with Gasteiger partial charge in [0, 0.05) is 38.5 Å². The largest absolute Gasteiger partial charge is 0.354 e. The molecular formula is C17H31N3O4S. The number of rotatable bonds is 8. The van der Waals surface area contributed by atoms with Crippen LogP contribution in [-0.2, 0) is 19.4 Å². The van der Waals surface area contributed by atoms with Crippen LogP contribution in [0.2, 0.25) is 0 Å². The van der Waals surface area contributed by atoms with Crippen LogP contribution in [-0.4, -0.2) is 61.8 Å². The van der Waals surface area contributed by atoms with Crippen LogP contribution in [0.15, 0.2) is 0 Å². The fraction of sp³-hybridized carbons (Fsp3) is 0.882. The molecule has 1 saturated carbocycles. The first-order chi connectivity index (χ1) is 11.9. The molecule has 144 valence electrons. The van der Waals surface area contributed by atoms with E-state index in [2.05, 4.69) is 5.32 Å². The van der Waals surface area contributed by atoms with E-state index in [1.165, 1.54) is 0 Å². The molecule has 1 unspecified atom stereocenters. The SMILES string of the molecule is NCCC(=O)NCC1CCCCN1C(=O)CCS(=O)(=O)C1CCCC1. The van der Waals surface area contributed by atoms with Crippen LogP contribution >= 0.6 is 0 Å². The lowest BCUT2D eigenvalue weighted by Crippen LogP contribution is -2.49. The van der Waals surface area contributed by atoms with Crippen molar-refractivity contribution in [3.8, 4) is 0 Å². The summed E-state index contributed by atoms with van der Waals surface area (Å²) >= 11 is 0. The van der Waals surface area contributed by atoms with Crippen molar-refractivity contribution < 1.29 is 18.0 Å². The van der Waals surface area contributed by atoms with Gasteiger partial charge < -0.3 is 16.0 Å². The van der Waals surface area contributed by atoms with Gasteiger partial charge in [-0.25, -0.2) is 8.42 Å². The molecule has 1 aliphatic heterocycles. The van der Waals surface area contributed by atoms with E-state index in [1.807, 2.05) is 0 Å². The number of nitrogens with one attached hydrogen (secondary N) is 1. The highest BCUT2D eigenvalue weighted by atomic mass is 32.2. The van der Waals surface area contributed by atoms with Gasteiger partial charge in [-0.05, 0) is 32.1 Å². The summed E-state index contributed by atoms with van der Waals surface area (Å²) < 4.78 is 24.7. The van der Waals surface area contributed by atoms with Crippen molar-refractivity contribution in [2.24, 2.45) is 5.73 Å². The van der Waals surface area contributed by atoms with Crippen LogP contribution in [0.3, 0.4) is 0 Å². The van der Waals surface area contributed by atoms with Crippen molar-refractivity contribution in [1.82, 2.24) is 10.2 Å². The van der Waals surface area contributed by atoms with Crippen LogP contribution < -0.4 is 11.1 Å². The Hall–Kier alpha value is -1.15. The van der Waals surface area contributed by atoms with Gasteiger partial charge in [-0.3, -0.25) is 9.59 Å². The van der Waals surface area contributed by atoms with E-state index in [0.29, 0.717) is 19.6 Å². The molecule has 8 heteroatoms. The Balaban J connectivity index is 1.85. The molecule has 2 amide bonds. The molecule has 1 atom stereocenters. The van der Waals surface area contributed by atoms with Crippen molar-refractivity contribution in [3.05, 3.63) is 0 Å². The normalized spacial score (nSPS) is 22.1. The fourth-order valence-electron chi connectivity index (χ4n) is 3.78. The smallest absolute Gasteiger partial charge is 0.223 e. The predicted octanol–water partition coefficient (Wildman–Crippen LogP) is 0.580. The first kappa shape index (κ1) is 20.2. The standard InChI is InChI=1S/C17H31N3O4S/c18-10-8-16(21)19-13-14-5-3-4-11-20(14)17(22)9-12-25(23,24)15-6-1-2-7-15/h14-15H,1-13,18H2,(H,19,21). The Morgan fingerprint density at radius 1 is 1.04 bits per heavy atom. The third kappa shape index (κ3) is 5.95. The number of likely N-dealkylation sites (tertiary alicyclic amines) is 1. The second-order valence-corrected chi connectivity index (χ2v) is 9.50. The first-order valence-corrected chi connectivity index (χ1v) is 11.1. The lowest BCUT2D eigenvalue weighted by atomic mass is 10.0. The topological polar surface area (TPSA) is 110 Å². The highest BCUT2D eigenvalue weighted by molar-refractivity contribution is 7.92. The van der Waals surface area contributed by atoms with Crippen molar-refractivity contribution in [2.75, 3.05) is 25.4 Å². The molecule has 25 heavy (non-hydrogen) atoms. The number of hydrogen-bond acceptors (Lipinski definition) is 5. The van der Waals surface area contributed by atoms with Crippen molar-refractivity contribution >= 4 is 21.7 Å². The van der Waals surface area contributed by atoms with Gasteiger partial charge in [0.1, 0.15) is 0 Å². The second kappa shape index (κ2) is 9.52. The van der Waals surface area contributed by atoms with E-state index in [1.54, 1.807) is 4.90 Å². The zero-order valence-electron chi connectivity index (χ0n) is 14.9. The summed E-state index contributed by atoms with van der Waals surface area (Å²) in [6, 6.07) is -0.0443. The molecule has 7 nitrogen and oxygen atoms in total. The van der Waals surface area contributed by atoms with E-state index in [-0.39, 0.29) is 41.7 Å². The highest BCUT2D eigenvalue weighted by Crippen LogP contribution is 2.26. The van der Waals surface area contributed by atoms with E-state index in [0.717, 1.165) is 44.9 Å². The van der Waals surface area contributed by atoms with Gasteiger partial charge in [0.25, 0.3) is 0 Å². The summed E-state index contributed by atoms with van der Waals surface area (Å²) in [6.45, 7) is 1.36. The molecule has 0 bridgehead atoms. The fourth-order valence-corrected chi connectivity index (χ4v) is 5.62. The van der Waals surface area contributed by atoms with Crippen molar-refractivity contribution in [1.29, 1.82) is 0 Å². The minimum Gasteiger partial charge on any atom is -0.354 e. The van der Waals surface area contributed by atoms with E-state index in [9.17, 15) is 18.0 Å². The Labute approximate surface area is 150 Å². The number of piperidine rings is 1. The Morgan fingerprint density at radius 2 is 1.72 bits per heavy atom. The average Bonchev–Trinajstić information content (AvgIpc) is 3.14. The van der Waals surface area contributed by atoms with Crippen LogP contribution in [0.1, 0.15) is 57.8 Å². The summed E-state index contributed by atoms with van der Waals surface area (Å²) in [5.74, 6) is -0.275. The summed E-state index contributed by atoms with van der Waals surface area (Å²) in [6.07, 6.45) is 6.50. The number of carbonyl (C=O) groups excluding carboxylic acids is 2. The number of sulfone groups is 1. The number of nitrogens with zero attached hydrogens (tertiary/aromatic N) is 1. The summed E-state index contributed by atoms with van der Waals surface area (Å²) in [5, 5.41) is 2.57. The molecule has 2 aliphatic rings. The number of carbonyl (C=O) groups is 2. The van der Waals surface area contributed by atoms with Gasteiger partial charge >= 0.3 is 0 Å². The van der Waals surface area contributed by atoms with Gasteiger partial charge in [0.05, 0.1) is 11.0 Å². The van der Waals surface area contributed by atoms with Gasteiger partial charge in [0.2, 0.25) is 11.8 Å². The van der Waals surface area contributed by atoms with E-state index in [4.69, 9.17) is 5.73 Å². The van der Waals surface area contributed by atoms with Gasteiger partial charge in [-0.1, -0.05) is 12.8 Å². The molecule has 1 heterocycles. The highest BCUT2D eigenvalue weighted by Gasteiger charge is 2.31. The third-order valence-electron chi connectivity index (χ3n) is 5.26. The van der Waals surface area contributed by atoms with Gasteiger partial charge in [-0.2, -0.15) is 0 Å². The quantitative estimate of drug-likeness (QED) is 0.647. The van der Waals surface area contributed by atoms with Crippen LogP contribution in [0.25, 0.3) is 0 Å². The maximum Gasteiger partial charge on any atom is 0.223 e. The Bertz CT molecular complexity index is 558. The average molecular weight is 374 g/mol. The number of amides is 2. The van der Waals surface area contributed by atoms with Gasteiger partial charge in [0.15, 0.2) is 9.84 Å². The molecule has 0 aromatic carbocycles. The number of nitrogens with two attached hydrogens (primary N) is 1. The first-order valence-electron chi connectivity index (χ1n) is 9.42. The van der Waals surface area contributed by atoms with Crippen molar-refractivity contribution in [2.45, 2.75) is 69.1 Å². The predicted molar refractivity (Wildman–Crippen MR) is 96.7 cm³/mol. The molecule has 1 aliphatic carbocycles. The Morgan fingerprint density at radius 3 is 2.40 bits per heavy atom. The maximum absolute atomic E-state index is 12.6. The lowest BCUT2D eigenvalue weighted by molar-refractivity contribution is -0.135. The second-order valence-electron chi connectivity index (χ2n) is 7.10. The zero-order chi connectivity index (χ0) is 18.3. The third-order valence-corrected chi connectivity index (χ3v) is 7.52. The van der Waals surface area contributed by atoms with Crippen molar-refractivity contribution in [3.63, 3.8) is 0 Å². The van der Waals surface area contributed by atoms with E-state index >= 15 is 0 Å². The van der Waals surface area contributed by atoms with E-state index < -0.39 is 9.84 Å². The monoisotopic (exact) mass is 373 g/mol. The molecule has 1 saturated heterocycles. The lowest BCUT2D eigenvalue weighted by Gasteiger charge is -2.36. The molecule has 2 rings (SSSR count). The molecule has 0 aromatic heterocycles. The van der Waals surface area contributed by atoms with Crippen LogP contribution in [0, 0.1) is 0 Å². The Kier molecular flexibility index (Phi) is 7.68. The summed E-state index contributed by atoms with van der Waals surface area (Å²) in [7, 11) is -3.18. The van der Waals surface area contributed by atoms with Gasteiger partial charge in [-0.15, -0.1) is 0 Å². The summed E-state index contributed by atoms with van der Waals surface area (Å²) in [4.78, 5) is 25.9. The molecular weight excluding hydrogens is 342 g/mol. The molecule has 0 aromatic rings. The molecule has 0 spiro atoms. The minimum atomic E-state index is -3.18. The molecule has 3 N–H and O–H groups in total.